The highest BCUT2D eigenvalue weighted by Gasteiger charge is 2.25. The first-order valence-corrected chi connectivity index (χ1v) is 7.24. The van der Waals surface area contributed by atoms with Crippen molar-refractivity contribution < 1.29 is 4.74 Å². The Hall–Kier alpha value is 0.01000. The summed E-state index contributed by atoms with van der Waals surface area (Å²) in [7, 11) is 0. The van der Waals surface area contributed by atoms with E-state index in [2.05, 4.69) is 11.8 Å². The van der Waals surface area contributed by atoms with Gasteiger partial charge in [-0.2, -0.15) is 0 Å². The molecule has 2 nitrogen and oxygen atoms in total. The monoisotopic (exact) mass is 307 g/mol. The minimum Gasteiger partial charge on any atom is -0.374 e. The van der Waals surface area contributed by atoms with Crippen molar-refractivity contribution >= 4 is 34.8 Å². The van der Waals surface area contributed by atoms with Crippen molar-refractivity contribution in [1.82, 2.24) is 4.90 Å². The van der Waals surface area contributed by atoms with Crippen molar-refractivity contribution in [2.75, 3.05) is 19.0 Å². The minimum atomic E-state index is 0.106. The summed E-state index contributed by atoms with van der Waals surface area (Å²) in [5, 5.41) is 1.38. The quantitative estimate of drug-likeness (QED) is 0.787. The van der Waals surface area contributed by atoms with E-state index in [1.807, 2.05) is 12.1 Å². The number of rotatable bonds is 3. The maximum atomic E-state index is 6.20. The zero-order chi connectivity index (χ0) is 13.1. The second-order valence-electron chi connectivity index (χ2n) is 4.62. The summed E-state index contributed by atoms with van der Waals surface area (Å²) < 4.78 is 5.63. The van der Waals surface area contributed by atoms with E-state index in [1.165, 1.54) is 0 Å². The van der Waals surface area contributed by atoms with Crippen LogP contribution in [-0.2, 0) is 11.3 Å². The lowest BCUT2D eigenvalue weighted by molar-refractivity contribution is -0.0510. The van der Waals surface area contributed by atoms with Crippen LogP contribution in [0, 0.1) is 0 Å². The Morgan fingerprint density at radius 3 is 2.83 bits per heavy atom. The van der Waals surface area contributed by atoms with Crippen LogP contribution in [0.2, 0.25) is 10.0 Å². The molecule has 0 N–H and O–H groups in total. The van der Waals surface area contributed by atoms with Gasteiger partial charge >= 0.3 is 0 Å². The predicted octanol–water partition coefficient (Wildman–Crippen LogP) is 3.82. The third kappa shape index (κ3) is 3.52. The van der Waals surface area contributed by atoms with Crippen LogP contribution in [0.15, 0.2) is 18.2 Å². The molecule has 1 aliphatic rings. The Bertz CT molecular complexity index is 413. The normalized spacial score (nSPS) is 25.3. The molecule has 2 unspecified atom stereocenters. The Labute approximate surface area is 123 Å². The standard InChI is InChI=1S/C13H16Cl3NO/c1-9-8-18-12(5-14)7-17(9)6-10-2-3-11(15)4-13(10)16/h2-4,9,12H,5-8H2,1H3. The Morgan fingerprint density at radius 2 is 2.17 bits per heavy atom. The third-order valence-corrected chi connectivity index (χ3v) is 4.13. The molecule has 1 saturated heterocycles. The fourth-order valence-electron chi connectivity index (χ4n) is 2.06. The van der Waals surface area contributed by atoms with Crippen LogP contribution in [0.4, 0.5) is 0 Å². The van der Waals surface area contributed by atoms with Crippen LogP contribution in [0.3, 0.4) is 0 Å². The molecule has 18 heavy (non-hydrogen) atoms. The maximum Gasteiger partial charge on any atom is 0.0838 e. The molecule has 0 spiro atoms. The van der Waals surface area contributed by atoms with E-state index >= 15 is 0 Å². The fraction of sp³-hybridized carbons (Fsp3) is 0.538. The molecule has 1 fully saturated rings. The first-order chi connectivity index (χ1) is 8.60. The maximum absolute atomic E-state index is 6.20. The fourth-order valence-corrected chi connectivity index (χ4v) is 2.71. The van der Waals surface area contributed by atoms with Crippen molar-refractivity contribution in [2.24, 2.45) is 0 Å². The topological polar surface area (TPSA) is 12.5 Å². The van der Waals surface area contributed by atoms with Gasteiger partial charge in [0.2, 0.25) is 0 Å². The number of halogens is 3. The Balaban J connectivity index is 2.07. The molecular formula is C13H16Cl3NO. The minimum absolute atomic E-state index is 0.106. The van der Waals surface area contributed by atoms with E-state index < -0.39 is 0 Å². The molecule has 0 radical (unpaired) electrons. The van der Waals surface area contributed by atoms with Gasteiger partial charge in [-0.25, -0.2) is 0 Å². The van der Waals surface area contributed by atoms with Gasteiger partial charge in [-0.15, -0.1) is 11.6 Å². The lowest BCUT2D eigenvalue weighted by atomic mass is 10.1. The van der Waals surface area contributed by atoms with Crippen LogP contribution in [0.25, 0.3) is 0 Å². The number of benzene rings is 1. The largest absolute Gasteiger partial charge is 0.374 e. The predicted molar refractivity (Wildman–Crippen MR) is 76.8 cm³/mol. The average Bonchev–Trinajstić information content (AvgIpc) is 2.35. The summed E-state index contributed by atoms with van der Waals surface area (Å²) in [4.78, 5) is 2.34. The number of hydrogen-bond donors (Lipinski definition) is 0. The highest BCUT2D eigenvalue weighted by atomic mass is 35.5. The summed E-state index contributed by atoms with van der Waals surface area (Å²) in [6.45, 7) is 4.49. The van der Waals surface area contributed by atoms with Gasteiger partial charge in [0.15, 0.2) is 0 Å². The number of hydrogen-bond acceptors (Lipinski definition) is 2. The second-order valence-corrected chi connectivity index (χ2v) is 5.78. The first kappa shape index (κ1) is 14.4. The SMILES string of the molecule is CC1COC(CCl)CN1Cc1ccc(Cl)cc1Cl. The molecule has 0 amide bonds. The van der Waals surface area contributed by atoms with Gasteiger partial charge in [0.1, 0.15) is 0 Å². The van der Waals surface area contributed by atoms with Crippen LogP contribution in [0.1, 0.15) is 12.5 Å². The second kappa shape index (κ2) is 6.44. The summed E-state index contributed by atoms with van der Waals surface area (Å²) in [5.41, 5.74) is 1.09. The van der Waals surface area contributed by atoms with Crippen LogP contribution in [0.5, 0.6) is 0 Å². The highest BCUT2D eigenvalue weighted by molar-refractivity contribution is 6.35. The van der Waals surface area contributed by atoms with Crippen LogP contribution >= 0.6 is 34.8 Å². The summed E-state index contributed by atoms with van der Waals surface area (Å²) in [6.07, 6.45) is 0.106. The van der Waals surface area contributed by atoms with Gasteiger partial charge in [0, 0.05) is 35.1 Å². The van der Waals surface area contributed by atoms with E-state index in [-0.39, 0.29) is 6.10 Å². The molecular weight excluding hydrogens is 293 g/mol. The first-order valence-electron chi connectivity index (χ1n) is 5.95. The van der Waals surface area contributed by atoms with Gasteiger partial charge in [-0.3, -0.25) is 4.90 Å². The number of morpholine rings is 1. The molecule has 1 aliphatic heterocycles. The zero-order valence-electron chi connectivity index (χ0n) is 10.2. The summed E-state index contributed by atoms with van der Waals surface area (Å²) >= 11 is 18.0. The molecule has 5 heteroatoms. The van der Waals surface area contributed by atoms with Crippen LogP contribution in [-0.4, -0.2) is 36.1 Å². The molecule has 0 saturated carbocycles. The number of ether oxygens (including phenoxy) is 1. The van der Waals surface area contributed by atoms with Gasteiger partial charge in [-0.1, -0.05) is 29.3 Å². The molecule has 1 aromatic carbocycles. The van der Waals surface area contributed by atoms with Gasteiger partial charge in [0.05, 0.1) is 12.7 Å². The van der Waals surface area contributed by atoms with Gasteiger partial charge in [-0.05, 0) is 24.6 Å². The number of nitrogens with zero attached hydrogens (tertiary/aromatic N) is 1. The summed E-state index contributed by atoms with van der Waals surface area (Å²) in [5.74, 6) is 0.525. The van der Waals surface area contributed by atoms with E-state index in [0.29, 0.717) is 28.6 Å². The Kier molecular flexibility index (Phi) is 5.16. The molecule has 0 aromatic heterocycles. The van der Waals surface area contributed by atoms with Crippen molar-refractivity contribution in [3.05, 3.63) is 33.8 Å². The molecule has 2 atom stereocenters. The van der Waals surface area contributed by atoms with Crippen molar-refractivity contribution in [1.29, 1.82) is 0 Å². The van der Waals surface area contributed by atoms with Gasteiger partial charge in [0.25, 0.3) is 0 Å². The van der Waals surface area contributed by atoms with E-state index in [1.54, 1.807) is 6.07 Å². The number of alkyl halides is 1. The van der Waals surface area contributed by atoms with Crippen molar-refractivity contribution in [3.63, 3.8) is 0 Å². The van der Waals surface area contributed by atoms with Crippen LogP contribution < -0.4 is 0 Å². The molecule has 1 aromatic rings. The van der Waals surface area contributed by atoms with E-state index in [4.69, 9.17) is 39.5 Å². The lowest BCUT2D eigenvalue weighted by Crippen LogP contribution is -2.48. The lowest BCUT2D eigenvalue weighted by Gasteiger charge is -2.37. The van der Waals surface area contributed by atoms with Crippen molar-refractivity contribution in [3.8, 4) is 0 Å². The average molecular weight is 309 g/mol. The Morgan fingerprint density at radius 1 is 1.39 bits per heavy atom. The van der Waals surface area contributed by atoms with E-state index in [9.17, 15) is 0 Å². The summed E-state index contributed by atoms with van der Waals surface area (Å²) in [6, 6.07) is 5.99. The van der Waals surface area contributed by atoms with Gasteiger partial charge < -0.3 is 4.74 Å². The molecule has 0 bridgehead atoms. The molecule has 1 heterocycles. The highest BCUT2D eigenvalue weighted by Crippen LogP contribution is 2.24. The van der Waals surface area contributed by atoms with E-state index in [0.717, 1.165) is 18.7 Å². The smallest absolute Gasteiger partial charge is 0.0838 e. The molecule has 2 rings (SSSR count). The zero-order valence-corrected chi connectivity index (χ0v) is 12.5. The molecule has 100 valence electrons. The van der Waals surface area contributed by atoms with Crippen molar-refractivity contribution in [2.45, 2.75) is 25.6 Å². The third-order valence-electron chi connectivity index (χ3n) is 3.20. The molecule has 0 aliphatic carbocycles.